The molecule has 0 saturated carbocycles. The number of esters is 1. The number of ether oxygens (including phenoxy) is 1. The number of carbonyl (C=O) groups excluding carboxylic acids is 2. The van der Waals surface area contributed by atoms with Crippen LogP contribution in [0.5, 0.6) is 0 Å². The normalized spacial score (nSPS) is 12.7. The van der Waals surface area contributed by atoms with Gasteiger partial charge in [-0.3, -0.25) is 9.78 Å². The van der Waals surface area contributed by atoms with E-state index in [-0.39, 0.29) is 6.61 Å². The molecule has 0 N–H and O–H groups in total. The standard InChI is InChI=1S/C12H10BrF2N5O3/c1-2-23-11(22)9(20-6-17-18-19-20)10(21)12(14,15)8-4-3-7(13)5-16-8/h3-6,9H,2H2,1H3. The predicted octanol–water partition coefficient (Wildman–Crippen LogP) is 1.30. The average molecular weight is 390 g/mol. The van der Waals surface area contributed by atoms with Gasteiger partial charge >= 0.3 is 11.9 Å². The number of alkyl halides is 2. The first-order valence-corrected chi connectivity index (χ1v) is 7.10. The maximum atomic E-state index is 14.4. The van der Waals surface area contributed by atoms with Crippen molar-refractivity contribution in [1.82, 2.24) is 25.2 Å². The molecule has 1 unspecified atom stereocenters. The smallest absolute Gasteiger partial charge is 0.349 e. The van der Waals surface area contributed by atoms with Crippen molar-refractivity contribution in [3.63, 3.8) is 0 Å². The fourth-order valence-electron chi connectivity index (χ4n) is 1.70. The summed E-state index contributed by atoms with van der Waals surface area (Å²) in [5, 5.41) is 9.82. The second kappa shape index (κ2) is 6.86. The van der Waals surface area contributed by atoms with Gasteiger partial charge in [0.05, 0.1) is 6.61 Å². The Morgan fingerprint density at radius 3 is 2.70 bits per heavy atom. The van der Waals surface area contributed by atoms with Crippen LogP contribution in [0.3, 0.4) is 0 Å². The van der Waals surface area contributed by atoms with E-state index in [0.29, 0.717) is 9.15 Å². The Labute approximate surface area is 137 Å². The molecule has 1 atom stereocenters. The van der Waals surface area contributed by atoms with Crippen molar-refractivity contribution in [3.8, 4) is 0 Å². The summed E-state index contributed by atoms with van der Waals surface area (Å²) >= 11 is 3.06. The van der Waals surface area contributed by atoms with Crippen molar-refractivity contribution in [3.05, 3.63) is 34.8 Å². The predicted molar refractivity (Wildman–Crippen MR) is 74.3 cm³/mol. The summed E-state index contributed by atoms with van der Waals surface area (Å²) in [6.07, 6.45) is 2.00. The van der Waals surface area contributed by atoms with E-state index in [0.717, 1.165) is 18.6 Å². The van der Waals surface area contributed by atoms with Crippen LogP contribution in [0.15, 0.2) is 29.1 Å². The van der Waals surface area contributed by atoms with Crippen LogP contribution in [0.2, 0.25) is 0 Å². The quantitative estimate of drug-likeness (QED) is 0.541. The number of ketones is 1. The van der Waals surface area contributed by atoms with Crippen molar-refractivity contribution in [2.45, 2.75) is 18.9 Å². The lowest BCUT2D eigenvalue weighted by molar-refractivity contribution is -0.161. The molecule has 0 fully saturated rings. The fourth-order valence-corrected chi connectivity index (χ4v) is 1.94. The third-order valence-corrected chi connectivity index (χ3v) is 3.22. The Kier molecular flexibility index (Phi) is 5.08. The molecule has 2 rings (SSSR count). The molecular formula is C12H10BrF2N5O3. The van der Waals surface area contributed by atoms with Crippen LogP contribution < -0.4 is 0 Å². The highest BCUT2D eigenvalue weighted by molar-refractivity contribution is 9.10. The number of halogens is 3. The minimum atomic E-state index is -4.02. The van der Waals surface area contributed by atoms with E-state index in [1.54, 1.807) is 0 Å². The van der Waals surface area contributed by atoms with E-state index >= 15 is 0 Å². The summed E-state index contributed by atoms with van der Waals surface area (Å²) in [6, 6.07) is 0.273. The number of pyridine rings is 1. The van der Waals surface area contributed by atoms with Gasteiger partial charge in [0.15, 0.2) is 0 Å². The number of nitrogens with zero attached hydrogens (tertiary/aromatic N) is 5. The van der Waals surface area contributed by atoms with Gasteiger partial charge in [0, 0.05) is 10.7 Å². The lowest BCUT2D eigenvalue weighted by atomic mass is 10.0. The molecule has 23 heavy (non-hydrogen) atoms. The highest BCUT2D eigenvalue weighted by Crippen LogP contribution is 2.32. The van der Waals surface area contributed by atoms with Crippen LogP contribution in [0.4, 0.5) is 8.78 Å². The van der Waals surface area contributed by atoms with E-state index < -0.39 is 29.4 Å². The topological polar surface area (TPSA) is 99.9 Å². The molecule has 0 saturated heterocycles. The molecule has 8 nitrogen and oxygen atoms in total. The number of rotatable bonds is 6. The van der Waals surface area contributed by atoms with Crippen molar-refractivity contribution in [2.75, 3.05) is 6.61 Å². The van der Waals surface area contributed by atoms with Crippen LogP contribution >= 0.6 is 15.9 Å². The first kappa shape index (κ1) is 17.1. The summed E-state index contributed by atoms with van der Waals surface area (Å²) in [5.41, 5.74) is -0.798. The SMILES string of the molecule is CCOC(=O)C(C(=O)C(F)(F)c1ccc(Br)cn1)n1cnnn1. The van der Waals surface area contributed by atoms with E-state index in [1.165, 1.54) is 13.0 Å². The molecular weight excluding hydrogens is 380 g/mol. The highest BCUT2D eigenvalue weighted by Gasteiger charge is 2.50. The Bertz CT molecular complexity index is 693. The van der Waals surface area contributed by atoms with Gasteiger partial charge < -0.3 is 4.74 Å². The van der Waals surface area contributed by atoms with Gasteiger partial charge in [-0.05, 0) is 45.4 Å². The van der Waals surface area contributed by atoms with Crippen LogP contribution in [0.1, 0.15) is 18.7 Å². The summed E-state index contributed by atoms with van der Waals surface area (Å²) < 4.78 is 34.6. The molecule has 2 aromatic rings. The first-order valence-electron chi connectivity index (χ1n) is 6.31. The largest absolute Gasteiger partial charge is 0.464 e. The number of carbonyl (C=O) groups is 2. The molecule has 0 radical (unpaired) electrons. The molecule has 2 heterocycles. The third kappa shape index (κ3) is 3.55. The molecule has 0 aromatic carbocycles. The van der Waals surface area contributed by atoms with Crippen LogP contribution in [-0.4, -0.2) is 43.6 Å². The zero-order chi connectivity index (χ0) is 17.0. The fraction of sp³-hybridized carbons (Fsp3) is 0.333. The zero-order valence-electron chi connectivity index (χ0n) is 11.7. The van der Waals surface area contributed by atoms with Gasteiger partial charge in [0.1, 0.15) is 12.0 Å². The number of aromatic nitrogens is 5. The van der Waals surface area contributed by atoms with Crippen molar-refractivity contribution >= 4 is 27.7 Å². The van der Waals surface area contributed by atoms with Gasteiger partial charge in [-0.2, -0.15) is 8.78 Å². The maximum Gasteiger partial charge on any atom is 0.349 e. The summed E-state index contributed by atoms with van der Waals surface area (Å²) in [4.78, 5) is 27.6. The van der Waals surface area contributed by atoms with Crippen LogP contribution in [0, 0.1) is 0 Å². The highest BCUT2D eigenvalue weighted by atomic mass is 79.9. The summed E-state index contributed by atoms with van der Waals surface area (Å²) in [6.45, 7) is 1.39. The minimum Gasteiger partial charge on any atom is -0.464 e. The van der Waals surface area contributed by atoms with Gasteiger partial charge in [-0.25, -0.2) is 9.48 Å². The average Bonchev–Trinajstić information content (AvgIpc) is 3.02. The van der Waals surface area contributed by atoms with Crippen molar-refractivity contribution in [1.29, 1.82) is 0 Å². The lowest BCUT2D eigenvalue weighted by Gasteiger charge is -2.20. The summed E-state index contributed by atoms with van der Waals surface area (Å²) in [5.74, 6) is -6.94. The van der Waals surface area contributed by atoms with E-state index in [9.17, 15) is 18.4 Å². The van der Waals surface area contributed by atoms with Gasteiger partial charge in [-0.15, -0.1) is 5.10 Å². The maximum absolute atomic E-state index is 14.4. The molecule has 0 spiro atoms. The first-order chi connectivity index (χ1) is 10.9. The monoisotopic (exact) mass is 389 g/mol. The van der Waals surface area contributed by atoms with Crippen LogP contribution in [0.25, 0.3) is 0 Å². The van der Waals surface area contributed by atoms with E-state index in [1.807, 2.05) is 0 Å². The lowest BCUT2D eigenvalue weighted by Crippen LogP contribution is -2.40. The molecule has 0 aliphatic carbocycles. The Morgan fingerprint density at radius 2 is 2.17 bits per heavy atom. The Morgan fingerprint density at radius 1 is 1.43 bits per heavy atom. The van der Waals surface area contributed by atoms with Crippen molar-refractivity contribution < 1.29 is 23.1 Å². The van der Waals surface area contributed by atoms with E-state index in [2.05, 4.69) is 41.2 Å². The minimum absolute atomic E-state index is 0.0904. The summed E-state index contributed by atoms with van der Waals surface area (Å²) in [7, 11) is 0. The number of tetrazole rings is 1. The van der Waals surface area contributed by atoms with E-state index in [4.69, 9.17) is 0 Å². The number of hydrogen-bond donors (Lipinski definition) is 0. The molecule has 122 valence electrons. The number of Topliss-reactive ketones (excluding diaryl/α,β-unsaturated/α-hetero) is 1. The molecule has 2 aromatic heterocycles. The van der Waals surface area contributed by atoms with Gasteiger partial charge in [0.2, 0.25) is 11.8 Å². The molecule has 0 bridgehead atoms. The van der Waals surface area contributed by atoms with Gasteiger partial charge in [-0.1, -0.05) is 0 Å². The molecule has 0 amide bonds. The second-order valence-electron chi connectivity index (χ2n) is 4.24. The van der Waals surface area contributed by atoms with Crippen molar-refractivity contribution in [2.24, 2.45) is 0 Å². The molecule has 11 heteroatoms. The van der Waals surface area contributed by atoms with Crippen LogP contribution in [-0.2, 0) is 20.2 Å². The van der Waals surface area contributed by atoms with Gasteiger partial charge in [0.25, 0.3) is 0 Å². The Balaban J connectivity index is 2.39. The number of hydrogen-bond acceptors (Lipinski definition) is 7. The third-order valence-electron chi connectivity index (χ3n) is 2.75. The molecule has 0 aliphatic heterocycles. The zero-order valence-corrected chi connectivity index (χ0v) is 13.3. The Hall–Kier alpha value is -2.30. The second-order valence-corrected chi connectivity index (χ2v) is 5.16. The molecule has 0 aliphatic rings.